The van der Waals surface area contributed by atoms with Crippen molar-refractivity contribution in [3.63, 3.8) is 0 Å². The van der Waals surface area contributed by atoms with E-state index < -0.39 is 0 Å². The highest BCUT2D eigenvalue weighted by atomic mass is 16.5. The standard InChI is InChI=1S/C15H16N2O/c1-3-6-11(2)18-15-13(10-16)9-12-7-4-5-8-14(12)17-15/h4-5,7-9,11H,3,6H2,1-2H3. The molecule has 0 bridgehead atoms. The molecule has 18 heavy (non-hydrogen) atoms. The predicted molar refractivity (Wildman–Crippen MR) is 71.5 cm³/mol. The van der Waals surface area contributed by atoms with Gasteiger partial charge < -0.3 is 4.74 Å². The third-order valence-corrected chi connectivity index (χ3v) is 2.82. The molecule has 0 amide bonds. The Morgan fingerprint density at radius 2 is 2.17 bits per heavy atom. The van der Waals surface area contributed by atoms with Crippen LogP contribution in [0.2, 0.25) is 0 Å². The van der Waals surface area contributed by atoms with Gasteiger partial charge in [0.15, 0.2) is 0 Å². The van der Waals surface area contributed by atoms with E-state index in [-0.39, 0.29) is 6.10 Å². The van der Waals surface area contributed by atoms with Crippen molar-refractivity contribution in [3.05, 3.63) is 35.9 Å². The Balaban J connectivity index is 2.39. The first-order chi connectivity index (χ1) is 8.74. The molecule has 0 saturated carbocycles. The van der Waals surface area contributed by atoms with Crippen molar-refractivity contribution in [2.75, 3.05) is 0 Å². The molecule has 0 N–H and O–H groups in total. The van der Waals surface area contributed by atoms with Crippen molar-refractivity contribution >= 4 is 10.9 Å². The summed E-state index contributed by atoms with van der Waals surface area (Å²) >= 11 is 0. The number of pyridine rings is 1. The molecule has 2 rings (SSSR count). The summed E-state index contributed by atoms with van der Waals surface area (Å²) in [5.74, 6) is 0.442. The zero-order valence-corrected chi connectivity index (χ0v) is 10.7. The lowest BCUT2D eigenvalue weighted by Gasteiger charge is -2.14. The van der Waals surface area contributed by atoms with Crippen LogP contribution in [0.5, 0.6) is 5.88 Å². The third-order valence-electron chi connectivity index (χ3n) is 2.82. The fourth-order valence-corrected chi connectivity index (χ4v) is 1.92. The summed E-state index contributed by atoms with van der Waals surface area (Å²) in [7, 11) is 0. The number of hydrogen-bond donors (Lipinski definition) is 0. The summed E-state index contributed by atoms with van der Waals surface area (Å²) in [6, 6.07) is 11.7. The third kappa shape index (κ3) is 2.60. The molecule has 92 valence electrons. The molecule has 0 fully saturated rings. The number of aromatic nitrogens is 1. The predicted octanol–water partition coefficient (Wildman–Crippen LogP) is 3.67. The number of para-hydroxylation sites is 1. The second-order valence-corrected chi connectivity index (χ2v) is 4.36. The van der Waals surface area contributed by atoms with Crippen LogP contribution in [0.3, 0.4) is 0 Å². The maximum atomic E-state index is 9.15. The lowest BCUT2D eigenvalue weighted by molar-refractivity contribution is 0.201. The monoisotopic (exact) mass is 240 g/mol. The van der Waals surface area contributed by atoms with Crippen molar-refractivity contribution in [2.45, 2.75) is 32.8 Å². The van der Waals surface area contributed by atoms with Crippen LogP contribution in [0.25, 0.3) is 10.9 Å². The average molecular weight is 240 g/mol. The summed E-state index contributed by atoms with van der Waals surface area (Å²) in [5.41, 5.74) is 1.35. The first-order valence-corrected chi connectivity index (χ1v) is 6.21. The molecule has 0 radical (unpaired) electrons. The average Bonchev–Trinajstić information content (AvgIpc) is 2.38. The molecule has 0 aliphatic heterocycles. The number of benzene rings is 1. The van der Waals surface area contributed by atoms with Gasteiger partial charge in [0, 0.05) is 5.39 Å². The molecule has 0 aliphatic rings. The molecular formula is C15H16N2O. The SMILES string of the molecule is CCCC(C)Oc1nc2ccccc2cc1C#N. The maximum absolute atomic E-state index is 9.15. The van der Waals surface area contributed by atoms with Gasteiger partial charge in [-0.2, -0.15) is 5.26 Å². The molecule has 0 spiro atoms. The normalized spacial score (nSPS) is 12.1. The molecule has 1 unspecified atom stereocenters. The number of hydrogen-bond acceptors (Lipinski definition) is 3. The van der Waals surface area contributed by atoms with E-state index in [2.05, 4.69) is 18.0 Å². The van der Waals surface area contributed by atoms with Gasteiger partial charge in [-0.15, -0.1) is 0 Å². The van der Waals surface area contributed by atoms with Gasteiger partial charge in [-0.25, -0.2) is 4.98 Å². The minimum absolute atomic E-state index is 0.0794. The minimum Gasteiger partial charge on any atom is -0.474 e. The van der Waals surface area contributed by atoms with Gasteiger partial charge >= 0.3 is 0 Å². The Hall–Kier alpha value is -2.08. The quantitative estimate of drug-likeness (QED) is 0.819. The summed E-state index contributed by atoms with van der Waals surface area (Å²) in [5, 5.41) is 10.1. The largest absolute Gasteiger partial charge is 0.474 e. The van der Waals surface area contributed by atoms with Gasteiger partial charge in [0.05, 0.1) is 11.6 Å². The molecule has 3 heteroatoms. The summed E-state index contributed by atoms with van der Waals surface area (Å²) in [4.78, 5) is 4.42. The molecule has 1 atom stereocenters. The van der Waals surface area contributed by atoms with Crippen LogP contribution in [0, 0.1) is 11.3 Å². The summed E-state index contributed by atoms with van der Waals surface area (Å²) < 4.78 is 5.75. The number of nitrogens with zero attached hydrogens (tertiary/aromatic N) is 2. The van der Waals surface area contributed by atoms with Gasteiger partial charge in [0.2, 0.25) is 5.88 Å². The van der Waals surface area contributed by atoms with Crippen LogP contribution >= 0.6 is 0 Å². The fourth-order valence-electron chi connectivity index (χ4n) is 1.92. The van der Waals surface area contributed by atoms with Gasteiger partial charge in [-0.3, -0.25) is 0 Å². The molecule has 1 aromatic carbocycles. The number of nitriles is 1. The highest BCUT2D eigenvalue weighted by Crippen LogP contribution is 2.23. The van der Waals surface area contributed by atoms with Crippen LogP contribution in [0.15, 0.2) is 30.3 Å². The first-order valence-electron chi connectivity index (χ1n) is 6.21. The number of fused-ring (bicyclic) bond motifs is 1. The van der Waals surface area contributed by atoms with E-state index in [0.717, 1.165) is 23.7 Å². The van der Waals surface area contributed by atoms with Crippen LogP contribution in [-0.2, 0) is 0 Å². The van der Waals surface area contributed by atoms with E-state index in [0.29, 0.717) is 11.4 Å². The minimum atomic E-state index is 0.0794. The van der Waals surface area contributed by atoms with Crippen molar-refractivity contribution in [2.24, 2.45) is 0 Å². The topological polar surface area (TPSA) is 45.9 Å². The van der Waals surface area contributed by atoms with Gasteiger partial charge in [0.25, 0.3) is 0 Å². The van der Waals surface area contributed by atoms with Gasteiger partial charge in [-0.05, 0) is 25.5 Å². The Morgan fingerprint density at radius 1 is 1.39 bits per heavy atom. The lowest BCUT2D eigenvalue weighted by atomic mass is 10.1. The molecule has 0 aliphatic carbocycles. The highest BCUT2D eigenvalue weighted by Gasteiger charge is 2.11. The Kier molecular flexibility index (Phi) is 3.78. The van der Waals surface area contributed by atoms with Crippen LogP contribution in [0.1, 0.15) is 32.3 Å². The van der Waals surface area contributed by atoms with E-state index in [1.165, 1.54) is 0 Å². The summed E-state index contributed by atoms with van der Waals surface area (Å²) in [6.07, 6.45) is 2.09. The second-order valence-electron chi connectivity index (χ2n) is 4.36. The molecule has 0 saturated heterocycles. The van der Waals surface area contributed by atoms with Crippen molar-refractivity contribution in [1.82, 2.24) is 4.98 Å². The molecule has 3 nitrogen and oxygen atoms in total. The van der Waals surface area contributed by atoms with E-state index in [9.17, 15) is 0 Å². The molecule has 1 heterocycles. The maximum Gasteiger partial charge on any atom is 0.232 e. The molecule has 2 aromatic rings. The second kappa shape index (κ2) is 5.50. The molecular weight excluding hydrogens is 224 g/mol. The van der Waals surface area contributed by atoms with Gasteiger partial charge in [-0.1, -0.05) is 31.5 Å². The Bertz CT molecular complexity index is 587. The number of ether oxygens (including phenoxy) is 1. The van der Waals surface area contributed by atoms with E-state index in [4.69, 9.17) is 10.00 Å². The van der Waals surface area contributed by atoms with Crippen molar-refractivity contribution < 1.29 is 4.74 Å². The Morgan fingerprint density at radius 3 is 2.89 bits per heavy atom. The fraction of sp³-hybridized carbons (Fsp3) is 0.333. The van der Waals surface area contributed by atoms with Crippen LogP contribution < -0.4 is 4.74 Å². The zero-order valence-electron chi connectivity index (χ0n) is 10.7. The van der Waals surface area contributed by atoms with Crippen molar-refractivity contribution in [3.8, 4) is 11.9 Å². The van der Waals surface area contributed by atoms with E-state index in [1.807, 2.05) is 37.3 Å². The van der Waals surface area contributed by atoms with E-state index in [1.54, 1.807) is 0 Å². The summed E-state index contributed by atoms with van der Waals surface area (Å²) in [6.45, 7) is 4.11. The van der Waals surface area contributed by atoms with Crippen LogP contribution in [-0.4, -0.2) is 11.1 Å². The van der Waals surface area contributed by atoms with Crippen molar-refractivity contribution in [1.29, 1.82) is 5.26 Å². The Labute approximate surface area is 107 Å². The first kappa shape index (κ1) is 12.4. The smallest absolute Gasteiger partial charge is 0.232 e. The van der Waals surface area contributed by atoms with Crippen LogP contribution in [0.4, 0.5) is 0 Å². The highest BCUT2D eigenvalue weighted by molar-refractivity contribution is 5.80. The zero-order chi connectivity index (χ0) is 13.0. The number of rotatable bonds is 4. The van der Waals surface area contributed by atoms with Gasteiger partial charge in [0.1, 0.15) is 11.6 Å². The molecule has 1 aromatic heterocycles. The lowest BCUT2D eigenvalue weighted by Crippen LogP contribution is -2.13. The van der Waals surface area contributed by atoms with E-state index >= 15 is 0 Å².